The van der Waals surface area contributed by atoms with Crippen LogP contribution in [-0.4, -0.2) is 53.1 Å². The van der Waals surface area contributed by atoms with Gasteiger partial charge in [0.05, 0.1) is 25.5 Å². The molecule has 3 aromatic carbocycles. The van der Waals surface area contributed by atoms with Gasteiger partial charge in [-0.15, -0.1) is 0 Å². The number of ether oxygens (including phenoxy) is 1. The van der Waals surface area contributed by atoms with Gasteiger partial charge in [-0.3, -0.25) is 19.2 Å². The number of carbonyl (C=O) groups is 4. The zero-order chi connectivity index (χ0) is 28.9. The van der Waals surface area contributed by atoms with Crippen LogP contribution in [0.15, 0.2) is 78.9 Å². The molecule has 4 aromatic rings. The Hall–Kier alpha value is -4.72. The summed E-state index contributed by atoms with van der Waals surface area (Å²) in [7, 11) is 1.31. The van der Waals surface area contributed by atoms with Crippen LogP contribution in [0.1, 0.15) is 43.2 Å². The van der Waals surface area contributed by atoms with Gasteiger partial charge in [0.15, 0.2) is 5.78 Å². The Bertz CT molecular complexity index is 1580. The molecule has 0 radical (unpaired) electrons. The number of benzene rings is 3. The third-order valence-electron chi connectivity index (χ3n) is 7.59. The number of Topliss-reactive ketones (excluding diaryl/α,β-unsaturated/α-hetero) is 1. The van der Waals surface area contributed by atoms with Crippen LogP contribution in [0.4, 0.5) is 5.69 Å². The number of fused-ring (bicyclic) bond motifs is 1. The highest BCUT2D eigenvalue weighted by molar-refractivity contribution is 5.95. The van der Waals surface area contributed by atoms with E-state index in [-0.39, 0.29) is 30.4 Å². The van der Waals surface area contributed by atoms with Crippen molar-refractivity contribution in [3.63, 3.8) is 0 Å². The van der Waals surface area contributed by atoms with Gasteiger partial charge in [-0.2, -0.15) is 0 Å². The van der Waals surface area contributed by atoms with Crippen molar-refractivity contribution in [1.82, 2.24) is 9.88 Å². The molecular formula is C33H33N3O5. The van der Waals surface area contributed by atoms with Crippen molar-refractivity contribution < 1.29 is 23.9 Å². The van der Waals surface area contributed by atoms with Crippen molar-refractivity contribution in [3.8, 4) is 11.3 Å². The highest BCUT2D eigenvalue weighted by Gasteiger charge is 2.38. The second-order valence-corrected chi connectivity index (χ2v) is 10.4. The quantitative estimate of drug-likeness (QED) is 0.277. The molecule has 1 fully saturated rings. The minimum Gasteiger partial charge on any atom is -0.469 e. The average molecular weight is 552 g/mol. The third-order valence-corrected chi connectivity index (χ3v) is 7.59. The van der Waals surface area contributed by atoms with Crippen molar-refractivity contribution in [2.75, 3.05) is 19.0 Å². The number of H-pyrrole nitrogens is 1. The zero-order valence-electron chi connectivity index (χ0n) is 23.2. The van der Waals surface area contributed by atoms with Crippen LogP contribution in [0.25, 0.3) is 22.2 Å². The summed E-state index contributed by atoms with van der Waals surface area (Å²) >= 11 is 0. The number of nitrogens with zero attached hydrogens (tertiary/aromatic N) is 1. The predicted octanol–water partition coefficient (Wildman–Crippen LogP) is 5.24. The van der Waals surface area contributed by atoms with E-state index in [9.17, 15) is 19.2 Å². The van der Waals surface area contributed by atoms with Gasteiger partial charge in [0.25, 0.3) is 0 Å². The number of hydrogen-bond acceptors (Lipinski definition) is 5. The highest BCUT2D eigenvalue weighted by atomic mass is 16.5. The molecular weight excluding hydrogens is 518 g/mol. The number of rotatable bonds is 9. The van der Waals surface area contributed by atoms with Crippen LogP contribution in [0, 0.1) is 0 Å². The molecule has 41 heavy (non-hydrogen) atoms. The predicted molar refractivity (Wildman–Crippen MR) is 157 cm³/mol. The fraction of sp³-hybridized carbons (Fsp3) is 0.273. The van der Waals surface area contributed by atoms with Crippen LogP contribution < -0.4 is 5.32 Å². The molecule has 2 N–H and O–H groups in total. The first kappa shape index (κ1) is 27.8. The number of aromatic amines is 1. The molecule has 0 aliphatic carbocycles. The fourth-order valence-corrected chi connectivity index (χ4v) is 5.55. The van der Waals surface area contributed by atoms with Crippen molar-refractivity contribution in [3.05, 3.63) is 90.0 Å². The van der Waals surface area contributed by atoms with E-state index in [4.69, 9.17) is 4.74 Å². The lowest BCUT2D eigenvalue weighted by Crippen LogP contribution is -2.44. The van der Waals surface area contributed by atoms with Crippen LogP contribution >= 0.6 is 0 Å². The molecule has 1 aromatic heterocycles. The van der Waals surface area contributed by atoms with E-state index in [1.165, 1.54) is 14.0 Å². The molecule has 2 atom stereocenters. The van der Waals surface area contributed by atoms with E-state index in [2.05, 4.69) is 10.3 Å². The first-order valence-electron chi connectivity index (χ1n) is 13.8. The van der Waals surface area contributed by atoms with Gasteiger partial charge in [0, 0.05) is 42.2 Å². The van der Waals surface area contributed by atoms with Gasteiger partial charge in [0.1, 0.15) is 0 Å². The summed E-state index contributed by atoms with van der Waals surface area (Å²) in [5.74, 6) is -1.50. The first-order valence-corrected chi connectivity index (χ1v) is 13.8. The van der Waals surface area contributed by atoms with Crippen molar-refractivity contribution in [1.29, 1.82) is 0 Å². The lowest BCUT2D eigenvalue weighted by molar-refractivity contribution is -0.145. The van der Waals surface area contributed by atoms with Crippen LogP contribution in [0.3, 0.4) is 0 Å². The molecule has 0 unspecified atom stereocenters. The van der Waals surface area contributed by atoms with Gasteiger partial charge in [-0.25, -0.2) is 0 Å². The van der Waals surface area contributed by atoms with E-state index >= 15 is 0 Å². The van der Waals surface area contributed by atoms with Gasteiger partial charge in [0.2, 0.25) is 11.8 Å². The minimum absolute atomic E-state index is 0.00982. The smallest absolute Gasteiger partial charge is 0.306 e. The number of hydrogen-bond donors (Lipinski definition) is 2. The van der Waals surface area contributed by atoms with Gasteiger partial charge >= 0.3 is 5.97 Å². The third kappa shape index (κ3) is 6.38. The molecule has 0 bridgehead atoms. The second-order valence-electron chi connectivity index (χ2n) is 10.4. The molecule has 2 heterocycles. The first-order chi connectivity index (χ1) is 19.8. The fourth-order valence-electron chi connectivity index (χ4n) is 5.55. The van der Waals surface area contributed by atoms with E-state index in [1.807, 2.05) is 78.9 Å². The summed E-state index contributed by atoms with van der Waals surface area (Å²) in [6.07, 6.45) is 1.49. The van der Waals surface area contributed by atoms with Gasteiger partial charge in [-0.1, -0.05) is 48.5 Å². The summed E-state index contributed by atoms with van der Waals surface area (Å²) in [5.41, 5.74) is 5.21. The van der Waals surface area contributed by atoms with E-state index in [0.29, 0.717) is 13.0 Å². The lowest BCUT2D eigenvalue weighted by atomic mass is 9.93. The number of ketones is 1. The molecule has 0 spiro atoms. The normalized spacial score (nSPS) is 15.5. The van der Waals surface area contributed by atoms with E-state index < -0.39 is 17.9 Å². The maximum Gasteiger partial charge on any atom is 0.306 e. The number of amides is 2. The summed E-state index contributed by atoms with van der Waals surface area (Å²) in [4.78, 5) is 55.7. The number of carbonyl (C=O) groups excluding carboxylic acids is 4. The monoisotopic (exact) mass is 551 g/mol. The second kappa shape index (κ2) is 12.2. The Morgan fingerprint density at radius 2 is 1.76 bits per heavy atom. The summed E-state index contributed by atoms with van der Waals surface area (Å²) in [5, 5.41) is 3.75. The average Bonchev–Trinajstić information content (AvgIpc) is 3.63. The number of methoxy groups -OCH3 is 1. The Morgan fingerprint density at radius 1 is 1.00 bits per heavy atom. The summed E-state index contributed by atoms with van der Waals surface area (Å²) < 4.78 is 4.86. The number of nitrogens with one attached hydrogen (secondary N) is 2. The Balaban J connectivity index is 1.31. The molecule has 8 heteroatoms. The molecule has 1 aliphatic heterocycles. The Morgan fingerprint density at radius 3 is 2.46 bits per heavy atom. The Labute approximate surface area is 238 Å². The lowest BCUT2D eigenvalue weighted by Gasteiger charge is -2.28. The zero-order valence-corrected chi connectivity index (χ0v) is 23.2. The van der Waals surface area contributed by atoms with Crippen molar-refractivity contribution in [2.24, 2.45) is 0 Å². The van der Waals surface area contributed by atoms with Crippen LogP contribution in [0.5, 0.6) is 0 Å². The topological polar surface area (TPSA) is 109 Å². The molecule has 1 saturated heterocycles. The van der Waals surface area contributed by atoms with Crippen molar-refractivity contribution >= 4 is 40.2 Å². The minimum atomic E-state index is -0.695. The largest absolute Gasteiger partial charge is 0.469 e. The number of likely N-dealkylation sites (tertiary alicyclic amines) is 1. The van der Waals surface area contributed by atoms with Crippen LogP contribution in [-0.2, 0) is 30.3 Å². The van der Waals surface area contributed by atoms with Crippen LogP contribution in [0.2, 0.25) is 0 Å². The van der Waals surface area contributed by atoms with Crippen molar-refractivity contribution in [2.45, 2.75) is 44.6 Å². The maximum atomic E-state index is 13.7. The summed E-state index contributed by atoms with van der Waals surface area (Å²) in [6, 6.07) is 24.2. The number of esters is 1. The number of aromatic nitrogens is 1. The van der Waals surface area contributed by atoms with Gasteiger partial charge < -0.3 is 19.9 Å². The summed E-state index contributed by atoms with van der Waals surface area (Å²) in [6.45, 7) is 1.96. The molecule has 1 aliphatic rings. The maximum absolute atomic E-state index is 13.7. The highest BCUT2D eigenvalue weighted by Crippen LogP contribution is 2.30. The van der Waals surface area contributed by atoms with Gasteiger partial charge in [-0.05, 0) is 59.9 Å². The molecule has 0 saturated carbocycles. The molecule has 2 amide bonds. The Kier molecular flexibility index (Phi) is 8.29. The molecule has 5 rings (SSSR count). The number of anilines is 1. The van der Waals surface area contributed by atoms with E-state index in [1.54, 1.807) is 4.90 Å². The molecule has 210 valence electrons. The van der Waals surface area contributed by atoms with E-state index in [0.717, 1.165) is 45.4 Å². The molecule has 8 nitrogen and oxygen atoms in total. The standard InChI is InChI=1S/C33H33N3O5/c1-21(37)34-26-13-11-24(12-14-26)29-19-25-17-22(10-15-28(25)35-29)18-31(38)30-9-6-16-36(30)33(40)27(20-32(39)41-2)23-7-4-3-5-8-23/h3-5,7-8,10-15,17,19,27,30,35H,6,9,16,18,20H2,1-2H3,(H,34,37)/t27-,30+/m1/s1. The SMILES string of the molecule is COC(=O)C[C@@H](C(=O)N1CCC[C@H]1C(=O)Cc1ccc2[nH]c(-c3ccc(NC(C)=O)cc3)cc2c1)c1ccccc1.